The highest BCUT2D eigenvalue weighted by Gasteiger charge is 2.27. The Morgan fingerprint density at radius 3 is 2.47 bits per heavy atom. The number of methoxy groups -OCH3 is 1. The van der Waals surface area contributed by atoms with Gasteiger partial charge in [0.25, 0.3) is 5.91 Å². The fourth-order valence-electron chi connectivity index (χ4n) is 3.83. The van der Waals surface area contributed by atoms with E-state index >= 15 is 0 Å². The molecule has 0 spiro atoms. The van der Waals surface area contributed by atoms with Crippen LogP contribution in [0.2, 0.25) is 0 Å². The molecule has 7 nitrogen and oxygen atoms in total. The van der Waals surface area contributed by atoms with Crippen molar-refractivity contribution >= 4 is 11.9 Å². The van der Waals surface area contributed by atoms with Gasteiger partial charge in [-0.2, -0.15) is 0 Å². The molecule has 172 valence electrons. The zero-order valence-electron chi connectivity index (χ0n) is 19.2. The number of hydrogen-bond donors (Lipinski definition) is 3. The van der Waals surface area contributed by atoms with E-state index in [2.05, 4.69) is 52.1 Å². The highest BCUT2D eigenvalue weighted by molar-refractivity contribution is 5.94. The summed E-state index contributed by atoms with van der Waals surface area (Å²) >= 11 is 0. The molecule has 1 heterocycles. The van der Waals surface area contributed by atoms with Gasteiger partial charge in [0, 0.05) is 44.8 Å². The molecule has 0 aromatic heterocycles. The minimum Gasteiger partial charge on any atom is -0.497 e. The normalized spacial score (nSPS) is 18.7. The summed E-state index contributed by atoms with van der Waals surface area (Å²) in [5.41, 5.74) is 3.09. The predicted octanol–water partition coefficient (Wildman–Crippen LogP) is 3.07. The number of hydrogen-bond acceptors (Lipinski definition) is 4. The fourth-order valence-corrected chi connectivity index (χ4v) is 3.83. The zero-order valence-corrected chi connectivity index (χ0v) is 19.2. The maximum Gasteiger partial charge on any atom is 0.251 e. The van der Waals surface area contributed by atoms with Crippen LogP contribution in [0.25, 0.3) is 0 Å². The van der Waals surface area contributed by atoms with Crippen LogP contribution in [0.3, 0.4) is 0 Å². The van der Waals surface area contributed by atoms with E-state index < -0.39 is 0 Å². The van der Waals surface area contributed by atoms with Gasteiger partial charge in [0.1, 0.15) is 5.75 Å². The lowest BCUT2D eigenvalue weighted by molar-refractivity contribution is -0.0265. The molecule has 1 aliphatic rings. The molecule has 3 rings (SSSR count). The van der Waals surface area contributed by atoms with Gasteiger partial charge in [0.15, 0.2) is 5.96 Å². The van der Waals surface area contributed by atoms with Crippen molar-refractivity contribution in [2.45, 2.75) is 25.9 Å². The average molecular weight is 439 g/mol. The minimum atomic E-state index is -0.113. The lowest BCUT2D eigenvalue weighted by Gasteiger charge is -2.32. The van der Waals surface area contributed by atoms with Gasteiger partial charge in [0.2, 0.25) is 0 Å². The Labute approximate surface area is 190 Å². The van der Waals surface area contributed by atoms with E-state index in [1.54, 1.807) is 38.4 Å². The van der Waals surface area contributed by atoms with Crippen LogP contribution in [0.4, 0.5) is 0 Å². The Hall–Kier alpha value is -3.06. The molecule has 0 bridgehead atoms. The van der Waals surface area contributed by atoms with Crippen LogP contribution >= 0.6 is 0 Å². The SMILES string of the molecule is CN=C(NCCNC(=O)c1ccc(OC)cc1)NCC1CCCOC1c1ccc(C)cc1. The Morgan fingerprint density at radius 1 is 1.06 bits per heavy atom. The second-order valence-electron chi connectivity index (χ2n) is 7.97. The van der Waals surface area contributed by atoms with Crippen molar-refractivity contribution in [2.75, 3.05) is 40.4 Å². The molecular formula is C25H34N4O3. The third-order valence-electron chi connectivity index (χ3n) is 5.66. The molecule has 1 amide bonds. The highest BCUT2D eigenvalue weighted by Crippen LogP contribution is 2.33. The smallest absolute Gasteiger partial charge is 0.251 e. The van der Waals surface area contributed by atoms with E-state index in [1.165, 1.54) is 11.1 Å². The number of carbonyl (C=O) groups excluding carboxylic acids is 1. The minimum absolute atomic E-state index is 0.0961. The number of nitrogens with zero attached hydrogens (tertiary/aromatic N) is 1. The average Bonchev–Trinajstić information content (AvgIpc) is 2.84. The number of aryl methyl sites for hydroxylation is 1. The summed E-state index contributed by atoms with van der Waals surface area (Å²) in [6, 6.07) is 15.7. The molecule has 7 heteroatoms. The van der Waals surface area contributed by atoms with E-state index in [0.29, 0.717) is 24.6 Å². The number of guanidine groups is 1. The van der Waals surface area contributed by atoms with E-state index in [4.69, 9.17) is 9.47 Å². The number of amides is 1. The van der Waals surface area contributed by atoms with E-state index in [-0.39, 0.29) is 12.0 Å². The monoisotopic (exact) mass is 438 g/mol. The van der Waals surface area contributed by atoms with Crippen LogP contribution in [-0.4, -0.2) is 52.3 Å². The lowest BCUT2D eigenvalue weighted by Crippen LogP contribution is -2.44. The summed E-state index contributed by atoms with van der Waals surface area (Å²) in [7, 11) is 3.35. The molecule has 3 N–H and O–H groups in total. The second kappa shape index (κ2) is 12.1. The summed E-state index contributed by atoms with van der Waals surface area (Å²) in [5, 5.41) is 9.58. The molecule has 2 unspecified atom stereocenters. The first kappa shape index (κ1) is 23.6. The summed E-state index contributed by atoms with van der Waals surface area (Å²) in [4.78, 5) is 16.5. The number of rotatable bonds is 8. The zero-order chi connectivity index (χ0) is 22.8. The van der Waals surface area contributed by atoms with Gasteiger partial charge in [-0.1, -0.05) is 29.8 Å². The van der Waals surface area contributed by atoms with Gasteiger partial charge in [0.05, 0.1) is 13.2 Å². The van der Waals surface area contributed by atoms with Crippen molar-refractivity contribution in [2.24, 2.45) is 10.9 Å². The number of carbonyl (C=O) groups is 1. The van der Waals surface area contributed by atoms with E-state index in [1.807, 2.05) is 0 Å². The first-order valence-electron chi connectivity index (χ1n) is 11.2. The van der Waals surface area contributed by atoms with Gasteiger partial charge in [-0.25, -0.2) is 0 Å². The van der Waals surface area contributed by atoms with Crippen molar-refractivity contribution in [3.8, 4) is 5.75 Å². The molecule has 2 aromatic carbocycles. The Balaban J connectivity index is 1.42. The number of ether oxygens (including phenoxy) is 2. The summed E-state index contributed by atoms with van der Waals surface area (Å²) < 4.78 is 11.2. The summed E-state index contributed by atoms with van der Waals surface area (Å²) in [6.45, 7) is 4.74. The molecule has 1 saturated heterocycles. The van der Waals surface area contributed by atoms with Crippen LogP contribution in [-0.2, 0) is 4.74 Å². The van der Waals surface area contributed by atoms with Crippen LogP contribution in [0, 0.1) is 12.8 Å². The van der Waals surface area contributed by atoms with Crippen LogP contribution in [0.1, 0.15) is 40.4 Å². The number of nitrogens with one attached hydrogen (secondary N) is 3. The molecule has 0 saturated carbocycles. The van der Waals surface area contributed by atoms with Crippen LogP contribution in [0.5, 0.6) is 5.75 Å². The van der Waals surface area contributed by atoms with Gasteiger partial charge in [-0.3, -0.25) is 9.79 Å². The summed E-state index contributed by atoms with van der Waals surface area (Å²) in [5.74, 6) is 1.71. The Morgan fingerprint density at radius 2 is 1.78 bits per heavy atom. The third-order valence-corrected chi connectivity index (χ3v) is 5.66. The molecule has 1 aliphatic heterocycles. The van der Waals surface area contributed by atoms with Gasteiger partial charge in [-0.15, -0.1) is 0 Å². The second-order valence-corrected chi connectivity index (χ2v) is 7.97. The van der Waals surface area contributed by atoms with Crippen LogP contribution < -0.4 is 20.7 Å². The summed E-state index contributed by atoms with van der Waals surface area (Å²) in [6.07, 6.45) is 2.28. The quantitative estimate of drug-likeness (QED) is 0.335. The maximum atomic E-state index is 12.2. The largest absolute Gasteiger partial charge is 0.497 e. The standard InChI is InChI=1S/C25H34N4O3/c1-18-6-8-19(9-7-18)23-21(5-4-16-32-23)17-29-25(26-2)28-15-14-27-24(30)20-10-12-22(31-3)13-11-20/h6-13,21,23H,4-5,14-17H2,1-3H3,(H,27,30)(H2,26,28,29). The molecule has 32 heavy (non-hydrogen) atoms. The molecule has 0 aliphatic carbocycles. The first-order chi connectivity index (χ1) is 15.6. The molecule has 1 fully saturated rings. The van der Waals surface area contributed by atoms with Crippen molar-refractivity contribution in [1.29, 1.82) is 0 Å². The fraction of sp³-hybridized carbons (Fsp3) is 0.440. The molecule has 0 radical (unpaired) electrons. The van der Waals surface area contributed by atoms with Crippen molar-refractivity contribution in [3.63, 3.8) is 0 Å². The Kier molecular flexibility index (Phi) is 8.92. The number of aliphatic imine (C=N–C) groups is 1. The highest BCUT2D eigenvalue weighted by atomic mass is 16.5. The maximum absolute atomic E-state index is 12.2. The first-order valence-corrected chi connectivity index (χ1v) is 11.2. The van der Waals surface area contributed by atoms with E-state index in [0.717, 1.165) is 37.7 Å². The topological polar surface area (TPSA) is 84.0 Å². The van der Waals surface area contributed by atoms with Gasteiger partial charge in [-0.05, 0) is 49.6 Å². The van der Waals surface area contributed by atoms with Crippen LogP contribution in [0.15, 0.2) is 53.5 Å². The molecular weight excluding hydrogens is 404 g/mol. The van der Waals surface area contributed by atoms with Gasteiger partial charge < -0.3 is 25.4 Å². The Bertz CT molecular complexity index is 881. The number of benzene rings is 2. The van der Waals surface area contributed by atoms with Crippen molar-refractivity contribution < 1.29 is 14.3 Å². The van der Waals surface area contributed by atoms with Crippen molar-refractivity contribution in [3.05, 3.63) is 65.2 Å². The molecule has 2 aromatic rings. The molecule has 2 atom stereocenters. The third kappa shape index (κ3) is 6.72. The van der Waals surface area contributed by atoms with Gasteiger partial charge >= 0.3 is 0 Å². The predicted molar refractivity (Wildman–Crippen MR) is 127 cm³/mol. The van der Waals surface area contributed by atoms with E-state index in [9.17, 15) is 4.79 Å². The lowest BCUT2D eigenvalue weighted by atomic mass is 9.89. The van der Waals surface area contributed by atoms with Crippen molar-refractivity contribution in [1.82, 2.24) is 16.0 Å².